The van der Waals surface area contributed by atoms with Gasteiger partial charge in [-0.3, -0.25) is 14.5 Å². The topological polar surface area (TPSA) is 84.0 Å². The van der Waals surface area contributed by atoms with Crippen molar-refractivity contribution in [2.75, 3.05) is 18.8 Å². The summed E-state index contributed by atoms with van der Waals surface area (Å²) in [7, 11) is -3.74. The lowest BCUT2D eigenvalue weighted by Crippen LogP contribution is -2.41. The van der Waals surface area contributed by atoms with Crippen LogP contribution in [0.5, 0.6) is 11.5 Å². The van der Waals surface area contributed by atoms with E-state index in [9.17, 15) is 18.0 Å². The molecule has 2 aromatic carbocycles. The van der Waals surface area contributed by atoms with Crippen LogP contribution < -0.4 is 4.74 Å². The number of ether oxygens (including phenoxy) is 1. The van der Waals surface area contributed by atoms with Gasteiger partial charge in [-0.1, -0.05) is 35.5 Å². The molecule has 1 atom stereocenters. The van der Waals surface area contributed by atoms with Gasteiger partial charge in [0.05, 0.1) is 21.7 Å². The van der Waals surface area contributed by atoms with Crippen molar-refractivity contribution < 1.29 is 22.7 Å². The predicted octanol–water partition coefficient (Wildman–Crippen LogP) is 3.59. The van der Waals surface area contributed by atoms with Crippen molar-refractivity contribution >= 4 is 44.5 Å². The lowest BCUT2D eigenvalue weighted by Gasteiger charge is -2.21. The summed E-state index contributed by atoms with van der Waals surface area (Å²) in [5.74, 6) is 0.798. The molecule has 0 radical (unpaired) electrons. The third-order valence-corrected chi connectivity index (χ3v) is 7.83. The zero-order valence-electron chi connectivity index (χ0n) is 15.2. The summed E-state index contributed by atoms with van der Waals surface area (Å²) in [4.78, 5) is 25.1. The summed E-state index contributed by atoms with van der Waals surface area (Å²) in [6.07, 6.45) is 0.435. The number of halogens is 1. The maximum atomic E-state index is 13.0. The first-order chi connectivity index (χ1) is 13.9. The van der Waals surface area contributed by atoms with Gasteiger partial charge < -0.3 is 4.74 Å². The number of carbonyl (C=O) groups is 2. The highest BCUT2D eigenvalue weighted by molar-refractivity contribution is 8.14. The molecular weight excluding hydrogens is 436 g/mol. The van der Waals surface area contributed by atoms with E-state index in [1.807, 2.05) is 0 Å². The summed E-state index contributed by atoms with van der Waals surface area (Å²) in [5.41, 5.74) is 0. The highest BCUT2D eigenvalue weighted by atomic mass is 35.5. The van der Waals surface area contributed by atoms with Gasteiger partial charge in [-0.15, -0.1) is 0 Å². The summed E-state index contributed by atoms with van der Waals surface area (Å²) >= 11 is 7.03. The molecule has 7 nitrogen and oxygen atoms in total. The zero-order valence-corrected chi connectivity index (χ0v) is 17.5. The van der Waals surface area contributed by atoms with Crippen LogP contribution in [0, 0.1) is 0 Å². The molecule has 1 unspecified atom stereocenters. The first-order valence-electron chi connectivity index (χ1n) is 8.87. The van der Waals surface area contributed by atoms with Gasteiger partial charge in [0, 0.05) is 13.1 Å². The lowest BCUT2D eigenvalue weighted by molar-refractivity contribution is -0.126. The minimum absolute atomic E-state index is 0.109. The largest absolute Gasteiger partial charge is 0.456 e. The molecule has 2 aliphatic heterocycles. The van der Waals surface area contributed by atoms with E-state index in [-0.39, 0.29) is 34.9 Å². The normalized spacial score (nSPS) is 20.4. The fraction of sp³-hybridized carbons (Fsp3) is 0.263. The summed E-state index contributed by atoms with van der Waals surface area (Å²) in [6.45, 7) is 0.366. The molecule has 0 bridgehead atoms. The highest BCUT2D eigenvalue weighted by Gasteiger charge is 2.42. The summed E-state index contributed by atoms with van der Waals surface area (Å²) in [5, 5.41) is 0.150. The molecule has 0 aliphatic carbocycles. The number of nitrogens with zero attached hydrogens (tertiary/aromatic N) is 2. The number of rotatable bonds is 5. The van der Waals surface area contributed by atoms with Crippen LogP contribution in [0.1, 0.15) is 6.42 Å². The van der Waals surface area contributed by atoms with Crippen molar-refractivity contribution in [1.82, 2.24) is 9.21 Å². The van der Waals surface area contributed by atoms with E-state index in [2.05, 4.69) is 0 Å². The van der Waals surface area contributed by atoms with Gasteiger partial charge in [-0.05, 0) is 42.8 Å². The number of para-hydroxylation sites is 1. The quantitative estimate of drug-likeness (QED) is 0.689. The van der Waals surface area contributed by atoms with Crippen LogP contribution in [0.2, 0.25) is 5.02 Å². The third kappa shape index (κ3) is 4.00. The average Bonchev–Trinajstić information content (AvgIpc) is 3.31. The second-order valence-electron chi connectivity index (χ2n) is 6.63. The molecule has 0 aromatic heterocycles. The Morgan fingerprint density at radius 3 is 2.45 bits per heavy atom. The van der Waals surface area contributed by atoms with Gasteiger partial charge in [0.1, 0.15) is 11.5 Å². The minimum Gasteiger partial charge on any atom is -0.456 e. The zero-order chi connectivity index (χ0) is 20.6. The number of hydrogen-bond acceptors (Lipinski definition) is 6. The second-order valence-corrected chi connectivity index (χ2v) is 9.90. The molecule has 0 N–H and O–H groups in total. The second kappa shape index (κ2) is 7.98. The van der Waals surface area contributed by atoms with E-state index >= 15 is 0 Å². The van der Waals surface area contributed by atoms with Crippen molar-refractivity contribution in [2.45, 2.75) is 17.4 Å². The van der Waals surface area contributed by atoms with Crippen molar-refractivity contribution in [2.24, 2.45) is 0 Å². The Bertz CT molecular complexity index is 1040. The van der Waals surface area contributed by atoms with Crippen molar-refractivity contribution in [3.05, 3.63) is 53.6 Å². The van der Waals surface area contributed by atoms with Crippen LogP contribution in [0.15, 0.2) is 53.4 Å². The molecule has 29 heavy (non-hydrogen) atoms. The molecule has 4 rings (SSSR count). The maximum absolute atomic E-state index is 13.0. The van der Waals surface area contributed by atoms with Crippen LogP contribution in [-0.2, 0) is 14.8 Å². The lowest BCUT2D eigenvalue weighted by atomic mass is 10.2. The first kappa shape index (κ1) is 20.2. The molecule has 2 aliphatic rings. The van der Waals surface area contributed by atoms with Gasteiger partial charge in [0.25, 0.3) is 5.24 Å². The molecule has 152 valence electrons. The van der Waals surface area contributed by atoms with Gasteiger partial charge in [0.15, 0.2) is 0 Å². The molecule has 2 saturated heterocycles. The molecule has 0 spiro atoms. The Hall–Kier alpha value is -2.07. The third-order valence-electron chi connectivity index (χ3n) is 4.80. The van der Waals surface area contributed by atoms with E-state index in [0.717, 1.165) is 11.8 Å². The Morgan fingerprint density at radius 1 is 1.07 bits per heavy atom. The number of imide groups is 1. The molecular formula is C19H17ClN2O5S2. The van der Waals surface area contributed by atoms with Gasteiger partial charge in [-0.2, -0.15) is 4.31 Å². The Morgan fingerprint density at radius 2 is 1.79 bits per heavy atom. The monoisotopic (exact) mass is 452 g/mol. The van der Waals surface area contributed by atoms with Crippen LogP contribution in [0.4, 0.5) is 4.79 Å². The van der Waals surface area contributed by atoms with Crippen molar-refractivity contribution in [1.29, 1.82) is 0 Å². The van der Waals surface area contributed by atoms with Crippen LogP contribution >= 0.6 is 23.4 Å². The van der Waals surface area contributed by atoms with E-state index in [0.29, 0.717) is 22.9 Å². The molecule has 0 saturated carbocycles. The molecule has 2 amide bonds. The van der Waals surface area contributed by atoms with Crippen LogP contribution in [-0.4, -0.2) is 53.7 Å². The average molecular weight is 453 g/mol. The van der Waals surface area contributed by atoms with Gasteiger partial charge >= 0.3 is 0 Å². The Balaban J connectivity index is 1.47. The van der Waals surface area contributed by atoms with E-state index < -0.39 is 16.1 Å². The first-order valence-corrected chi connectivity index (χ1v) is 11.7. The Kier molecular flexibility index (Phi) is 5.56. The SMILES string of the molecule is O=C1CSC(=O)N1C1CCN(S(=O)(=O)c2ccc(Oc3ccccc3Cl)cc2)C1. The highest BCUT2D eigenvalue weighted by Crippen LogP contribution is 2.31. The number of hydrogen-bond donors (Lipinski definition) is 0. The molecule has 2 aromatic rings. The van der Waals surface area contributed by atoms with Gasteiger partial charge in [-0.25, -0.2) is 8.42 Å². The molecule has 2 fully saturated rings. The predicted molar refractivity (Wildman–Crippen MR) is 110 cm³/mol. The standard InChI is InChI=1S/C19H17ClN2O5S2/c20-16-3-1-2-4-17(16)27-14-5-7-15(8-6-14)29(25,26)21-10-9-13(11-21)22-18(23)12-28-19(22)24/h1-8,13H,9-12H2. The molecule has 2 heterocycles. The van der Waals surface area contributed by atoms with E-state index in [1.165, 1.54) is 21.3 Å². The smallest absolute Gasteiger partial charge is 0.289 e. The van der Waals surface area contributed by atoms with Gasteiger partial charge in [0.2, 0.25) is 15.9 Å². The maximum Gasteiger partial charge on any atom is 0.289 e. The number of sulfonamides is 1. The van der Waals surface area contributed by atoms with Crippen molar-refractivity contribution in [3.8, 4) is 11.5 Å². The number of thioether (sulfide) groups is 1. The van der Waals surface area contributed by atoms with Crippen molar-refractivity contribution in [3.63, 3.8) is 0 Å². The summed E-state index contributed by atoms with van der Waals surface area (Å²) in [6, 6.07) is 12.6. The van der Waals surface area contributed by atoms with E-state index in [1.54, 1.807) is 36.4 Å². The summed E-state index contributed by atoms with van der Waals surface area (Å²) < 4.78 is 32.9. The minimum atomic E-state index is -3.74. The fourth-order valence-electron chi connectivity index (χ4n) is 3.34. The Labute approximate surface area is 177 Å². The van der Waals surface area contributed by atoms with E-state index in [4.69, 9.17) is 16.3 Å². The number of carbonyl (C=O) groups excluding carboxylic acids is 2. The van der Waals surface area contributed by atoms with Crippen LogP contribution in [0.3, 0.4) is 0 Å². The molecule has 10 heteroatoms. The number of amides is 2. The fourth-order valence-corrected chi connectivity index (χ4v) is 5.78. The van der Waals surface area contributed by atoms with Crippen LogP contribution in [0.25, 0.3) is 0 Å². The number of benzene rings is 2.